The van der Waals surface area contributed by atoms with E-state index in [-0.39, 0.29) is 12.7 Å². The molecule has 2 nitrogen and oxygen atoms in total. The summed E-state index contributed by atoms with van der Waals surface area (Å²) >= 11 is 0. The number of hydrogen-bond donors (Lipinski definition) is 1. The number of benzene rings is 1. The van der Waals surface area contributed by atoms with Gasteiger partial charge in [0.15, 0.2) is 0 Å². The van der Waals surface area contributed by atoms with Gasteiger partial charge in [0.25, 0.3) is 0 Å². The first-order chi connectivity index (χ1) is 7.33. The van der Waals surface area contributed by atoms with E-state index in [4.69, 9.17) is 4.74 Å². The molecule has 1 aromatic carbocycles. The van der Waals surface area contributed by atoms with Gasteiger partial charge in [0.2, 0.25) is 0 Å². The minimum absolute atomic E-state index is 0.178. The Morgan fingerprint density at radius 2 is 2.13 bits per heavy atom. The van der Waals surface area contributed by atoms with Crippen LogP contribution in [0.1, 0.15) is 24.8 Å². The minimum atomic E-state index is 0.178. The number of aliphatic hydroxyl groups is 1. The van der Waals surface area contributed by atoms with E-state index >= 15 is 0 Å². The third kappa shape index (κ3) is 2.21. The quantitative estimate of drug-likeness (QED) is 0.821. The highest BCUT2D eigenvalue weighted by atomic mass is 16.5. The molecular weight excluding hydrogens is 188 g/mol. The molecule has 1 fully saturated rings. The van der Waals surface area contributed by atoms with Crippen LogP contribution in [-0.2, 0) is 4.74 Å². The van der Waals surface area contributed by atoms with Crippen LogP contribution >= 0.6 is 0 Å². The maximum Gasteiger partial charge on any atom is 0.0691 e. The molecule has 1 saturated heterocycles. The molecule has 15 heavy (non-hydrogen) atoms. The second-order valence-electron chi connectivity index (χ2n) is 4.27. The standard InChI is InChI=1S/C13H18O2/c1-10(11-5-3-2-4-6-11)13-12(9-14)7-8-15-13/h2-6,10,12-14H,7-9H2,1H3. The second-order valence-corrected chi connectivity index (χ2v) is 4.27. The largest absolute Gasteiger partial charge is 0.396 e. The van der Waals surface area contributed by atoms with Gasteiger partial charge in [-0.2, -0.15) is 0 Å². The lowest BCUT2D eigenvalue weighted by Gasteiger charge is -2.23. The van der Waals surface area contributed by atoms with Crippen molar-refractivity contribution in [2.75, 3.05) is 13.2 Å². The molecule has 3 unspecified atom stereocenters. The molecule has 82 valence electrons. The Morgan fingerprint density at radius 1 is 1.40 bits per heavy atom. The predicted octanol–water partition coefficient (Wildman–Crippen LogP) is 2.19. The number of ether oxygens (including phenoxy) is 1. The van der Waals surface area contributed by atoms with E-state index in [2.05, 4.69) is 31.2 Å². The smallest absolute Gasteiger partial charge is 0.0691 e. The fourth-order valence-corrected chi connectivity index (χ4v) is 2.35. The van der Waals surface area contributed by atoms with E-state index in [1.54, 1.807) is 0 Å². The van der Waals surface area contributed by atoms with E-state index in [1.807, 2.05) is 6.07 Å². The van der Waals surface area contributed by atoms with Crippen LogP contribution in [0, 0.1) is 5.92 Å². The van der Waals surface area contributed by atoms with Gasteiger partial charge >= 0.3 is 0 Å². The molecule has 0 saturated carbocycles. The van der Waals surface area contributed by atoms with Crippen molar-refractivity contribution in [1.82, 2.24) is 0 Å². The fraction of sp³-hybridized carbons (Fsp3) is 0.538. The lowest BCUT2D eigenvalue weighted by atomic mass is 9.87. The van der Waals surface area contributed by atoms with Crippen molar-refractivity contribution in [1.29, 1.82) is 0 Å². The summed E-state index contributed by atoms with van der Waals surface area (Å²) in [5.74, 6) is 0.672. The summed E-state index contributed by atoms with van der Waals surface area (Å²) in [6.07, 6.45) is 1.16. The third-order valence-corrected chi connectivity index (χ3v) is 3.32. The highest BCUT2D eigenvalue weighted by Crippen LogP contribution is 2.32. The molecule has 1 N–H and O–H groups in total. The maximum atomic E-state index is 9.25. The SMILES string of the molecule is CC(c1ccccc1)C1OCCC1CO. The molecule has 0 bridgehead atoms. The third-order valence-electron chi connectivity index (χ3n) is 3.32. The van der Waals surface area contributed by atoms with Gasteiger partial charge in [-0.3, -0.25) is 0 Å². The minimum Gasteiger partial charge on any atom is -0.396 e. The molecule has 0 radical (unpaired) electrons. The molecule has 0 spiro atoms. The predicted molar refractivity (Wildman–Crippen MR) is 59.8 cm³/mol. The Morgan fingerprint density at radius 3 is 2.80 bits per heavy atom. The summed E-state index contributed by atoms with van der Waals surface area (Å²) in [7, 11) is 0. The monoisotopic (exact) mass is 206 g/mol. The summed E-state index contributed by atoms with van der Waals surface area (Å²) in [5.41, 5.74) is 1.29. The van der Waals surface area contributed by atoms with E-state index in [9.17, 15) is 5.11 Å². The van der Waals surface area contributed by atoms with Crippen LogP contribution in [0.2, 0.25) is 0 Å². The molecule has 0 amide bonds. The number of rotatable bonds is 3. The van der Waals surface area contributed by atoms with Crippen molar-refractivity contribution in [3.63, 3.8) is 0 Å². The van der Waals surface area contributed by atoms with E-state index in [0.29, 0.717) is 11.8 Å². The molecule has 1 aliphatic rings. The van der Waals surface area contributed by atoms with Gasteiger partial charge < -0.3 is 9.84 Å². The Kier molecular flexibility index (Phi) is 3.39. The lowest BCUT2D eigenvalue weighted by molar-refractivity contribution is 0.0553. The van der Waals surface area contributed by atoms with E-state index in [0.717, 1.165) is 13.0 Å². The summed E-state index contributed by atoms with van der Waals surface area (Å²) in [5, 5.41) is 9.25. The molecular formula is C13H18O2. The van der Waals surface area contributed by atoms with Gasteiger partial charge in [-0.05, 0) is 12.0 Å². The Labute approximate surface area is 90.9 Å². The zero-order valence-electron chi connectivity index (χ0n) is 9.10. The zero-order valence-corrected chi connectivity index (χ0v) is 9.10. The molecule has 0 aromatic heterocycles. The van der Waals surface area contributed by atoms with Crippen LogP contribution in [0.15, 0.2) is 30.3 Å². The maximum absolute atomic E-state index is 9.25. The van der Waals surface area contributed by atoms with Gasteiger partial charge in [-0.1, -0.05) is 37.3 Å². The van der Waals surface area contributed by atoms with Crippen LogP contribution in [0.25, 0.3) is 0 Å². The first kappa shape index (κ1) is 10.7. The van der Waals surface area contributed by atoms with Crippen LogP contribution in [0.4, 0.5) is 0 Å². The van der Waals surface area contributed by atoms with Crippen molar-refractivity contribution < 1.29 is 9.84 Å². The highest BCUT2D eigenvalue weighted by molar-refractivity contribution is 5.20. The van der Waals surface area contributed by atoms with Gasteiger partial charge in [-0.25, -0.2) is 0 Å². The molecule has 0 aliphatic carbocycles. The van der Waals surface area contributed by atoms with Gasteiger partial charge in [0.05, 0.1) is 6.10 Å². The zero-order chi connectivity index (χ0) is 10.7. The average molecular weight is 206 g/mol. The van der Waals surface area contributed by atoms with Crippen molar-refractivity contribution in [3.8, 4) is 0 Å². The van der Waals surface area contributed by atoms with Gasteiger partial charge in [0.1, 0.15) is 0 Å². The van der Waals surface area contributed by atoms with Crippen molar-refractivity contribution >= 4 is 0 Å². The Balaban J connectivity index is 2.10. The first-order valence-corrected chi connectivity index (χ1v) is 5.60. The molecule has 1 aromatic rings. The van der Waals surface area contributed by atoms with E-state index < -0.39 is 0 Å². The molecule has 2 heteroatoms. The van der Waals surface area contributed by atoms with Crippen LogP contribution < -0.4 is 0 Å². The molecule has 1 heterocycles. The van der Waals surface area contributed by atoms with Crippen molar-refractivity contribution in [2.24, 2.45) is 5.92 Å². The number of aliphatic hydroxyl groups excluding tert-OH is 1. The van der Waals surface area contributed by atoms with Crippen molar-refractivity contribution in [2.45, 2.75) is 25.4 Å². The summed E-state index contributed by atoms with van der Waals surface area (Å²) in [6.45, 7) is 3.20. The average Bonchev–Trinajstić information content (AvgIpc) is 2.77. The van der Waals surface area contributed by atoms with E-state index in [1.165, 1.54) is 5.56 Å². The van der Waals surface area contributed by atoms with Crippen LogP contribution in [0.3, 0.4) is 0 Å². The fourth-order valence-electron chi connectivity index (χ4n) is 2.35. The molecule has 2 rings (SSSR count). The van der Waals surface area contributed by atoms with Gasteiger partial charge in [-0.15, -0.1) is 0 Å². The normalized spacial score (nSPS) is 27.9. The number of hydrogen-bond acceptors (Lipinski definition) is 2. The summed E-state index contributed by atoms with van der Waals surface area (Å²) in [4.78, 5) is 0. The Bertz CT molecular complexity index is 297. The summed E-state index contributed by atoms with van der Waals surface area (Å²) < 4.78 is 5.71. The summed E-state index contributed by atoms with van der Waals surface area (Å²) in [6, 6.07) is 10.4. The molecule has 3 atom stereocenters. The van der Waals surface area contributed by atoms with Crippen molar-refractivity contribution in [3.05, 3.63) is 35.9 Å². The van der Waals surface area contributed by atoms with Crippen LogP contribution in [0.5, 0.6) is 0 Å². The first-order valence-electron chi connectivity index (χ1n) is 5.60. The molecule has 1 aliphatic heterocycles. The topological polar surface area (TPSA) is 29.5 Å². The lowest BCUT2D eigenvalue weighted by Crippen LogP contribution is -2.25. The second kappa shape index (κ2) is 4.77. The Hall–Kier alpha value is -0.860. The van der Waals surface area contributed by atoms with Gasteiger partial charge in [0, 0.05) is 25.0 Å². The van der Waals surface area contributed by atoms with Crippen LogP contribution in [-0.4, -0.2) is 24.4 Å². The highest BCUT2D eigenvalue weighted by Gasteiger charge is 2.32.